The Labute approximate surface area is 67.2 Å². The Hall–Kier alpha value is -0.630. The van der Waals surface area contributed by atoms with Gasteiger partial charge in [0.25, 0.3) is 0 Å². The van der Waals surface area contributed by atoms with E-state index in [4.69, 9.17) is 4.74 Å². The van der Waals surface area contributed by atoms with Gasteiger partial charge in [-0.15, -0.1) is 0 Å². The van der Waals surface area contributed by atoms with E-state index in [0.29, 0.717) is 6.42 Å². The van der Waals surface area contributed by atoms with Crippen LogP contribution < -0.4 is 0 Å². The standard InChI is InChI=1S/C9H14O2/c1-2-8(10)5-6-9-4-3-7-11-9/h5-6,9H,2-4,7H2,1H3/b6-5+. The molecular formula is C9H14O2. The zero-order chi connectivity index (χ0) is 8.10. The van der Waals surface area contributed by atoms with Crippen molar-refractivity contribution in [3.63, 3.8) is 0 Å². The summed E-state index contributed by atoms with van der Waals surface area (Å²) in [4.78, 5) is 10.8. The Bertz CT molecular complexity index is 155. The summed E-state index contributed by atoms with van der Waals surface area (Å²) >= 11 is 0. The van der Waals surface area contributed by atoms with E-state index in [-0.39, 0.29) is 11.9 Å². The van der Waals surface area contributed by atoms with Gasteiger partial charge < -0.3 is 4.74 Å². The molecule has 0 bridgehead atoms. The normalized spacial score (nSPS) is 24.6. The minimum Gasteiger partial charge on any atom is -0.374 e. The van der Waals surface area contributed by atoms with Crippen molar-refractivity contribution in [2.45, 2.75) is 32.3 Å². The molecule has 1 atom stereocenters. The van der Waals surface area contributed by atoms with Gasteiger partial charge in [-0.05, 0) is 18.9 Å². The number of rotatable bonds is 3. The molecule has 1 unspecified atom stereocenters. The summed E-state index contributed by atoms with van der Waals surface area (Å²) in [5.74, 6) is 0.181. The molecule has 1 fully saturated rings. The fourth-order valence-electron chi connectivity index (χ4n) is 1.09. The first-order valence-electron chi connectivity index (χ1n) is 4.15. The van der Waals surface area contributed by atoms with E-state index in [1.807, 2.05) is 13.0 Å². The van der Waals surface area contributed by atoms with Crippen LogP contribution in [0.4, 0.5) is 0 Å². The predicted molar refractivity (Wildman–Crippen MR) is 43.4 cm³/mol. The average Bonchev–Trinajstić information content (AvgIpc) is 2.52. The molecule has 1 saturated heterocycles. The van der Waals surface area contributed by atoms with Crippen molar-refractivity contribution in [2.24, 2.45) is 0 Å². The second-order valence-corrected chi connectivity index (χ2v) is 2.73. The Balaban J connectivity index is 2.27. The third-order valence-corrected chi connectivity index (χ3v) is 1.81. The highest BCUT2D eigenvalue weighted by Gasteiger charge is 2.11. The number of ether oxygens (including phenoxy) is 1. The van der Waals surface area contributed by atoms with E-state index < -0.39 is 0 Å². The molecule has 0 amide bonds. The van der Waals surface area contributed by atoms with Crippen molar-refractivity contribution < 1.29 is 9.53 Å². The van der Waals surface area contributed by atoms with Crippen molar-refractivity contribution in [1.29, 1.82) is 0 Å². The molecule has 0 aliphatic carbocycles. The number of ketones is 1. The van der Waals surface area contributed by atoms with Gasteiger partial charge in [0.1, 0.15) is 0 Å². The van der Waals surface area contributed by atoms with E-state index in [2.05, 4.69) is 0 Å². The summed E-state index contributed by atoms with van der Waals surface area (Å²) in [6, 6.07) is 0. The second kappa shape index (κ2) is 4.29. The summed E-state index contributed by atoms with van der Waals surface area (Å²) in [7, 11) is 0. The van der Waals surface area contributed by atoms with Gasteiger partial charge in [0, 0.05) is 13.0 Å². The Morgan fingerprint density at radius 2 is 2.55 bits per heavy atom. The van der Waals surface area contributed by atoms with Gasteiger partial charge in [0.15, 0.2) is 5.78 Å². The molecule has 62 valence electrons. The number of hydrogen-bond acceptors (Lipinski definition) is 2. The van der Waals surface area contributed by atoms with Crippen LogP contribution in [0.1, 0.15) is 26.2 Å². The quantitative estimate of drug-likeness (QED) is 0.578. The average molecular weight is 154 g/mol. The lowest BCUT2D eigenvalue weighted by Gasteiger charge is -1.99. The van der Waals surface area contributed by atoms with Crippen LogP contribution in [-0.4, -0.2) is 18.5 Å². The van der Waals surface area contributed by atoms with Gasteiger partial charge in [-0.3, -0.25) is 4.79 Å². The largest absolute Gasteiger partial charge is 0.374 e. The third kappa shape index (κ3) is 2.85. The SMILES string of the molecule is CCC(=O)/C=C/C1CCCO1. The lowest BCUT2D eigenvalue weighted by Crippen LogP contribution is -2.00. The van der Waals surface area contributed by atoms with Gasteiger partial charge in [-0.1, -0.05) is 13.0 Å². The van der Waals surface area contributed by atoms with Gasteiger partial charge in [0.2, 0.25) is 0 Å². The van der Waals surface area contributed by atoms with E-state index in [1.165, 1.54) is 0 Å². The Morgan fingerprint density at radius 3 is 3.09 bits per heavy atom. The predicted octanol–water partition coefficient (Wildman–Crippen LogP) is 1.70. The maximum absolute atomic E-state index is 10.8. The molecule has 0 radical (unpaired) electrons. The van der Waals surface area contributed by atoms with Gasteiger partial charge >= 0.3 is 0 Å². The molecule has 0 saturated carbocycles. The van der Waals surface area contributed by atoms with Crippen molar-refractivity contribution in [3.8, 4) is 0 Å². The molecule has 0 N–H and O–H groups in total. The lowest BCUT2D eigenvalue weighted by molar-refractivity contribution is -0.114. The van der Waals surface area contributed by atoms with Crippen LogP contribution in [0.25, 0.3) is 0 Å². The molecular weight excluding hydrogens is 140 g/mol. The number of allylic oxidation sites excluding steroid dienone is 1. The zero-order valence-electron chi connectivity index (χ0n) is 6.88. The highest BCUT2D eigenvalue weighted by atomic mass is 16.5. The summed E-state index contributed by atoms with van der Waals surface area (Å²) in [6.45, 7) is 2.71. The summed E-state index contributed by atoms with van der Waals surface area (Å²) < 4.78 is 5.31. The topological polar surface area (TPSA) is 26.3 Å². The highest BCUT2D eigenvalue weighted by Crippen LogP contribution is 2.12. The molecule has 1 aliphatic rings. The highest BCUT2D eigenvalue weighted by molar-refractivity contribution is 5.89. The minimum absolute atomic E-state index is 0.181. The summed E-state index contributed by atoms with van der Waals surface area (Å²) in [6.07, 6.45) is 6.48. The van der Waals surface area contributed by atoms with Gasteiger partial charge in [-0.25, -0.2) is 0 Å². The van der Waals surface area contributed by atoms with Crippen LogP contribution in [0.15, 0.2) is 12.2 Å². The maximum atomic E-state index is 10.8. The first-order chi connectivity index (χ1) is 5.33. The fourth-order valence-corrected chi connectivity index (χ4v) is 1.09. The molecule has 2 nitrogen and oxygen atoms in total. The first kappa shape index (κ1) is 8.47. The van der Waals surface area contributed by atoms with Crippen LogP contribution in [0, 0.1) is 0 Å². The minimum atomic E-state index is 0.181. The van der Waals surface area contributed by atoms with E-state index in [9.17, 15) is 4.79 Å². The molecule has 0 aromatic carbocycles. The number of hydrogen-bond donors (Lipinski definition) is 0. The summed E-state index contributed by atoms with van der Waals surface area (Å²) in [5, 5.41) is 0. The molecule has 1 rings (SSSR count). The molecule has 0 aromatic heterocycles. The van der Waals surface area contributed by atoms with Gasteiger partial charge in [0.05, 0.1) is 6.10 Å². The van der Waals surface area contributed by atoms with E-state index in [0.717, 1.165) is 19.4 Å². The maximum Gasteiger partial charge on any atom is 0.155 e. The van der Waals surface area contributed by atoms with E-state index >= 15 is 0 Å². The van der Waals surface area contributed by atoms with Crippen LogP contribution >= 0.6 is 0 Å². The van der Waals surface area contributed by atoms with Crippen molar-refractivity contribution >= 4 is 5.78 Å². The molecule has 11 heavy (non-hydrogen) atoms. The van der Waals surface area contributed by atoms with Crippen LogP contribution in [0.5, 0.6) is 0 Å². The molecule has 0 aromatic rings. The van der Waals surface area contributed by atoms with Crippen molar-refractivity contribution in [3.05, 3.63) is 12.2 Å². The van der Waals surface area contributed by atoms with Crippen molar-refractivity contribution in [1.82, 2.24) is 0 Å². The van der Waals surface area contributed by atoms with Gasteiger partial charge in [-0.2, -0.15) is 0 Å². The van der Waals surface area contributed by atoms with Crippen LogP contribution in [-0.2, 0) is 9.53 Å². The Morgan fingerprint density at radius 1 is 1.73 bits per heavy atom. The Kier molecular flexibility index (Phi) is 3.30. The molecule has 1 heterocycles. The smallest absolute Gasteiger partial charge is 0.155 e. The summed E-state index contributed by atoms with van der Waals surface area (Å²) in [5.41, 5.74) is 0. The zero-order valence-corrected chi connectivity index (χ0v) is 6.88. The number of carbonyl (C=O) groups excluding carboxylic acids is 1. The third-order valence-electron chi connectivity index (χ3n) is 1.81. The van der Waals surface area contributed by atoms with Crippen molar-refractivity contribution in [2.75, 3.05) is 6.61 Å². The first-order valence-corrected chi connectivity index (χ1v) is 4.15. The van der Waals surface area contributed by atoms with Crippen LogP contribution in [0.2, 0.25) is 0 Å². The molecule has 2 heteroatoms. The molecule has 0 spiro atoms. The van der Waals surface area contributed by atoms with Crippen LogP contribution in [0.3, 0.4) is 0 Å². The second-order valence-electron chi connectivity index (χ2n) is 2.73. The lowest BCUT2D eigenvalue weighted by atomic mass is 10.2. The fraction of sp³-hybridized carbons (Fsp3) is 0.667. The monoisotopic (exact) mass is 154 g/mol. The van der Waals surface area contributed by atoms with E-state index in [1.54, 1.807) is 6.08 Å². The number of carbonyl (C=O) groups is 1. The molecule has 1 aliphatic heterocycles.